The van der Waals surface area contributed by atoms with E-state index in [4.69, 9.17) is 9.57 Å². The maximum absolute atomic E-state index is 12.9. The van der Waals surface area contributed by atoms with E-state index >= 15 is 0 Å². The van der Waals surface area contributed by atoms with Gasteiger partial charge >= 0.3 is 6.03 Å². The molecule has 4 heterocycles. The molecule has 188 valence electrons. The Labute approximate surface area is 205 Å². The number of hydroxylamine groups is 1. The van der Waals surface area contributed by atoms with Crippen LogP contribution in [0.5, 0.6) is 0 Å². The lowest BCUT2D eigenvalue weighted by molar-refractivity contribution is -0.201. The molecule has 0 spiro atoms. The van der Waals surface area contributed by atoms with Crippen molar-refractivity contribution in [1.29, 1.82) is 0 Å². The van der Waals surface area contributed by atoms with Crippen LogP contribution in [0.25, 0.3) is 0 Å². The lowest BCUT2D eigenvalue weighted by Gasteiger charge is -2.29. The van der Waals surface area contributed by atoms with Crippen molar-refractivity contribution in [3.05, 3.63) is 23.5 Å². The molecular formula is C24H30N4O6S. The largest absolute Gasteiger partial charge is 0.350 e. The van der Waals surface area contributed by atoms with E-state index in [1.165, 1.54) is 16.4 Å². The molecule has 2 fully saturated rings. The van der Waals surface area contributed by atoms with Gasteiger partial charge in [0.25, 0.3) is 5.91 Å². The Balaban J connectivity index is 1.35. The first kappa shape index (κ1) is 25.3. The molecule has 0 aromatic carbocycles. The van der Waals surface area contributed by atoms with Crippen LogP contribution in [0.2, 0.25) is 0 Å². The first-order valence-corrected chi connectivity index (χ1v) is 13.6. The Morgan fingerprint density at radius 1 is 1.34 bits per heavy atom. The molecule has 10 nitrogen and oxygen atoms in total. The number of ether oxygens (including phenoxy) is 1. The van der Waals surface area contributed by atoms with Crippen LogP contribution >= 0.6 is 0 Å². The van der Waals surface area contributed by atoms with E-state index in [1.54, 1.807) is 6.20 Å². The molecule has 11 heteroatoms. The predicted octanol–water partition coefficient (Wildman–Crippen LogP) is 0.614. The molecule has 1 unspecified atom stereocenters. The Morgan fingerprint density at radius 3 is 2.77 bits per heavy atom. The predicted molar refractivity (Wildman–Crippen MR) is 127 cm³/mol. The number of nitrogens with zero attached hydrogens (tertiary/aromatic N) is 2. The summed E-state index contributed by atoms with van der Waals surface area (Å²) in [5, 5.41) is 3.15. The second-order valence-electron chi connectivity index (χ2n) is 9.27. The lowest BCUT2D eigenvalue weighted by atomic mass is 10.1. The number of rotatable bonds is 7. The van der Waals surface area contributed by atoms with E-state index < -0.39 is 26.8 Å². The molecule has 2 saturated heterocycles. The van der Waals surface area contributed by atoms with Crippen LogP contribution < -0.4 is 10.8 Å². The molecule has 35 heavy (non-hydrogen) atoms. The van der Waals surface area contributed by atoms with Gasteiger partial charge in [-0.3, -0.25) is 9.36 Å². The highest BCUT2D eigenvalue weighted by molar-refractivity contribution is 7.92. The zero-order chi connectivity index (χ0) is 25.1. The van der Waals surface area contributed by atoms with Crippen LogP contribution in [0.1, 0.15) is 43.9 Å². The normalized spacial score (nSPS) is 21.6. The minimum absolute atomic E-state index is 0.0819. The third-order valence-corrected chi connectivity index (χ3v) is 8.66. The number of carbonyl (C=O) groups excluding carboxylic acids is 2. The lowest BCUT2D eigenvalue weighted by Crippen LogP contribution is -2.52. The summed E-state index contributed by atoms with van der Waals surface area (Å²) in [7, 11) is -3.82. The van der Waals surface area contributed by atoms with E-state index in [1.807, 2.05) is 6.07 Å². The van der Waals surface area contributed by atoms with Gasteiger partial charge in [-0.1, -0.05) is 11.8 Å². The summed E-state index contributed by atoms with van der Waals surface area (Å²) in [6, 6.07) is 1.53. The number of aromatic nitrogens is 1. The molecule has 1 aromatic heterocycles. The quantitative estimate of drug-likeness (QED) is 0.414. The zero-order valence-electron chi connectivity index (χ0n) is 19.9. The molecule has 3 aliphatic rings. The van der Waals surface area contributed by atoms with Gasteiger partial charge in [-0.05, 0) is 44.1 Å². The van der Waals surface area contributed by atoms with Gasteiger partial charge in [-0.2, -0.15) is 0 Å². The molecule has 0 bridgehead atoms. The smallest absolute Gasteiger partial charge is 0.328 e. The number of amides is 2. The highest BCUT2D eigenvalue weighted by Crippen LogP contribution is 2.26. The highest BCUT2D eigenvalue weighted by Gasteiger charge is 2.45. The second-order valence-corrected chi connectivity index (χ2v) is 11.7. The van der Waals surface area contributed by atoms with Crippen LogP contribution in [-0.2, 0) is 30.8 Å². The van der Waals surface area contributed by atoms with Crippen molar-refractivity contribution in [2.45, 2.75) is 50.2 Å². The van der Waals surface area contributed by atoms with Gasteiger partial charge in [0, 0.05) is 62.3 Å². The average Bonchev–Trinajstić information content (AvgIpc) is 3.32. The van der Waals surface area contributed by atoms with E-state index in [0.29, 0.717) is 31.1 Å². The summed E-state index contributed by atoms with van der Waals surface area (Å²) in [6.07, 6.45) is 4.42. The number of sulfone groups is 1. The van der Waals surface area contributed by atoms with Crippen LogP contribution in [0, 0.1) is 29.6 Å². The maximum atomic E-state index is 12.9. The third-order valence-electron chi connectivity index (χ3n) is 6.63. The van der Waals surface area contributed by atoms with E-state index in [-0.39, 0.29) is 19.0 Å². The number of hydrogen-bond acceptors (Lipinski definition) is 7. The van der Waals surface area contributed by atoms with Crippen molar-refractivity contribution in [2.75, 3.05) is 32.5 Å². The third kappa shape index (κ3) is 5.71. The second kappa shape index (κ2) is 10.4. The first-order valence-electron chi connectivity index (χ1n) is 11.7. The number of nitrogens with one attached hydrogen (secondary N) is 2. The Bertz CT molecular complexity index is 1210. The fourth-order valence-corrected chi connectivity index (χ4v) is 4.79. The van der Waals surface area contributed by atoms with E-state index in [0.717, 1.165) is 37.9 Å². The Morgan fingerprint density at radius 2 is 2.14 bits per heavy atom. The molecule has 4 rings (SSSR count). The Hall–Kier alpha value is -2.83. The summed E-state index contributed by atoms with van der Waals surface area (Å²) in [6.45, 7) is 4.04. The fraction of sp³-hybridized carbons (Fsp3) is 0.583. The SMILES string of the molecule is C[C@@](CCN1Cc2cc(C#CC#CC3CNC3)cn2C1=O)(C(=O)NOC1CCCCO1)S(C)(=O)=O. The maximum Gasteiger partial charge on any atom is 0.328 e. The van der Waals surface area contributed by atoms with E-state index in [2.05, 4.69) is 34.5 Å². The van der Waals surface area contributed by atoms with Crippen molar-refractivity contribution >= 4 is 21.8 Å². The number of carbonyl (C=O) groups is 2. The van der Waals surface area contributed by atoms with Gasteiger partial charge in [-0.15, -0.1) is 0 Å². The Kier molecular flexibility index (Phi) is 7.53. The van der Waals surface area contributed by atoms with Crippen molar-refractivity contribution in [3.8, 4) is 23.7 Å². The molecule has 0 saturated carbocycles. The van der Waals surface area contributed by atoms with Gasteiger partial charge in [0.2, 0.25) is 0 Å². The minimum Gasteiger partial charge on any atom is -0.350 e. The molecule has 2 atom stereocenters. The fourth-order valence-electron chi connectivity index (χ4n) is 3.95. The van der Waals surface area contributed by atoms with Crippen LogP contribution in [-0.4, -0.2) is 73.4 Å². The monoisotopic (exact) mass is 502 g/mol. The van der Waals surface area contributed by atoms with Crippen molar-refractivity contribution < 1.29 is 27.6 Å². The standard InChI is InChI=1S/C24H30N4O6S/c1-24(35(2,31)32,22(29)26-34-21-9-5-6-12-33-21)10-11-27-17-20-13-18(16-28(20)23(27)30)7-3-4-8-19-14-25-15-19/h13,16,19,21,25H,5-6,9-12,14-15,17H2,1-2H3,(H,26,29)/t21?,24-/m1/s1. The summed E-state index contributed by atoms with van der Waals surface area (Å²) in [5.74, 6) is 11.3. The number of hydrogen-bond donors (Lipinski definition) is 2. The van der Waals surface area contributed by atoms with Gasteiger partial charge in [0.15, 0.2) is 20.9 Å². The van der Waals surface area contributed by atoms with Gasteiger partial charge in [0.05, 0.1) is 6.54 Å². The minimum atomic E-state index is -3.82. The van der Waals surface area contributed by atoms with Gasteiger partial charge in [0.1, 0.15) is 0 Å². The van der Waals surface area contributed by atoms with Crippen molar-refractivity contribution in [1.82, 2.24) is 20.3 Å². The first-order chi connectivity index (χ1) is 16.7. The van der Waals surface area contributed by atoms with Crippen LogP contribution in [0.4, 0.5) is 4.79 Å². The molecule has 0 aliphatic carbocycles. The topological polar surface area (TPSA) is 119 Å². The molecule has 0 radical (unpaired) electrons. The van der Waals surface area contributed by atoms with Crippen LogP contribution in [0.3, 0.4) is 0 Å². The summed E-state index contributed by atoms with van der Waals surface area (Å²) < 4.78 is 30.2. The summed E-state index contributed by atoms with van der Waals surface area (Å²) in [4.78, 5) is 32.5. The molecular weight excluding hydrogens is 472 g/mol. The van der Waals surface area contributed by atoms with E-state index in [9.17, 15) is 18.0 Å². The zero-order valence-corrected chi connectivity index (χ0v) is 20.7. The summed E-state index contributed by atoms with van der Waals surface area (Å²) in [5.41, 5.74) is 3.70. The van der Waals surface area contributed by atoms with Crippen molar-refractivity contribution in [3.63, 3.8) is 0 Å². The average molecular weight is 503 g/mol. The molecule has 2 N–H and O–H groups in total. The van der Waals surface area contributed by atoms with Crippen LogP contribution in [0.15, 0.2) is 12.3 Å². The molecule has 2 amide bonds. The molecule has 3 aliphatic heterocycles. The summed E-state index contributed by atoms with van der Waals surface area (Å²) >= 11 is 0. The van der Waals surface area contributed by atoms with Gasteiger partial charge < -0.3 is 15.0 Å². The number of fused-ring (bicyclic) bond motifs is 1. The highest BCUT2D eigenvalue weighted by atomic mass is 32.2. The van der Waals surface area contributed by atoms with Crippen molar-refractivity contribution in [2.24, 2.45) is 5.92 Å². The van der Waals surface area contributed by atoms with Gasteiger partial charge in [-0.25, -0.2) is 23.5 Å². The molecule has 1 aromatic rings.